The van der Waals surface area contributed by atoms with Gasteiger partial charge in [0, 0.05) is 44.0 Å². The summed E-state index contributed by atoms with van der Waals surface area (Å²) >= 11 is 0. The van der Waals surface area contributed by atoms with Crippen molar-refractivity contribution in [3.05, 3.63) is 425 Å². The lowest BCUT2D eigenvalue weighted by Crippen LogP contribution is -1.95. The fourth-order valence-corrected chi connectivity index (χ4v) is 20.2. The minimum absolute atomic E-state index is 1.16. The Kier molecular flexibility index (Phi) is 14.8. The van der Waals surface area contributed by atoms with Gasteiger partial charge in [0.25, 0.3) is 0 Å². The topological polar surface area (TPSA) is 9.86 Å². The van der Waals surface area contributed by atoms with E-state index in [1.54, 1.807) is 0 Å². The first-order valence-corrected chi connectivity index (χ1v) is 40.3. The highest BCUT2D eigenvalue weighted by molar-refractivity contribution is 6.42. The van der Waals surface area contributed by atoms with Gasteiger partial charge in [-0.25, -0.2) is 0 Å². The minimum Gasteiger partial charge on any atom is -0.309 e. The van der Waals surface area contributed by atoms with E-state index in [1.165, 1.54) is 234 Å². The van der Waals surface area contributed by atoms with E-state index in [4.69, 9.17) is 0 Å². The number of benzene rings is 23. The van der Waals surface area contributed by atoms with Crippen molar-refractivity contribution in [3.63, 3.8) is 0 Å². The Balaban J connectivity index is 0.000000134. The van der Waals surface area contributed by atoms with Crippen molar-refractivity contribution < 1.29 is 0 Å². The van der Waals surface area contributed by atoms with E-state index in [0.717, 1.165) is 5.69 Å². The zero-order valence-electron chi connectivity index (χ0n) is 63.3. The van der Waals surface area contributed by atoms with Gasteiger partial charge in [0.2, 0.25) is 0 Å². The second kappa shape index (κ2) is 26.2. The van der Waals surface area contributed by atoms with Gasteiger partial charge in [-0.3, -0.25) is 0 Å². The molecular formula is C114H70N2. The average Bonchev–Trinajstić information content (AvgIpc) is 1.04. The third kappa shape index (κ3) is 9.91. The Labute approximate surface area is 669 Å². The maximum absolute atomic E-state index is 2.45. The van der Waals surface area contributed by atoms with Crippen LogP contribution in [0.5, 0.6) is 0 Å². The van der Waals surface area contributed by atoms with E-state index in [9.17, 15) is 0 Å². The van der Waals surface area contributed by atoms with Gasteiger partial charge in [-0.15, -0.1) is 0 Å². The molecule has 0 amide bonds. The highest BCUT2D eigenvalue weighted by Crippen LogP contribution is 2.51. The molecule has 2 heterocycles. The average molecular weight is 1470 g/mol. The molecule has 0 spiro atoms. The quantitative estimate of drug-likeness (QED) is 0.141. The van der Waals surface area contributed by atoms with Gasteiger partial charge in [0.05, 0.1) is 22.1 Å². The maximum Gasteiger partial charge on any atom is 0.0619 e. The first-order valence-electron chi connectivity index (χ1n) is 40.3. The smallest absolute Gasteiger partial charge is 0.0619 e. The molecule has 2 heteroatoms. The van der Waals surface area contributed by atoms with Crippen LogP contribution in [0.1, 0.15) is 0 Å². The number of hydrogen-bond donors (Lipinski definition) is 0. The SMILES string of the molecule is c1ccc(-c2ccc3c(c2)c2ccccc2c2c4ccc(-c5cccc6c(-c7cccc8c9ccccc9n(-c9ccccc9)c78)cccc56)cc4c4ccccc4c32)cc1.c1ccc(-n2c3ccccc3c3cccc(-c4ccc(-c5ccc6c(c5)c5ccccc5c5c7ccccc7c7ccccc7c65)c5ccccc45)c32)cc1. The molecule has 0 fully saturated rings. The molecule has 2 nitrogen and oxygen atoms in total. The van der Waals surface area contributed by atoms with Crippen molar-refractivity contribution in [3.8, 4) is 67.0 Å². The second-order valence-corrected chi connectivity index (χ2v) is 31.1. The Hall–Kier alpha value is -15.2. The van der Waals surface area contributed by atoms with Gasteiger partial charge in [0.1, 0.15) is 0 Å². The fraction of sp³-hybridized carbons (Fsp3) is 0. The highest BCUT2D eigenvalue weighted by atomic mass is 15.0. The molecule has 0 radical (unpaired) electrons. The standard InChI is InChI=1S/C60H37N.C54H33N/c1-3-16-38(17-4-1)39-32-34-51-55(36-39)46-20-7-9-23-49(46)59-52-35-33-40(37-56(52)47-21-8-10-24-50(47)58(51)59)42-25-13-27-44-43(42)26-14-28-45(44)53-29-15-30-54-48-22-11-12-31-57(48)61(60(53)54)41-18-5-2-6-19-41;1-2-15-35(16-3-1)55-51-28-13-12-22-43(51)49-27-14-26-48(54(49)55)42-32-31-36(37-17-4-5-18-38(37)42)34-29-30-47-50(33-34)41-21-8-11-25-46(41)52-44-23-9-6-19-39(44)40-20-7-10-24-45(40)53(47)52/h1-37H;1-33H. The molecule has 0 aliphatic carbocycles. The fourth-order valence-electron chi connectivity index (χ4n) is 20.2. The molecule has 25 rings (SSSR count). The summed E-state index contributed by atoms with van der Waals surface area (Å²) < 4.78 is 4.88. The van der Waals surface area contributed by atoms with E-state index >= 15 is 0 Å². The molecule has 0 saturated heterocycles. The van der Waals surface area contributed by atoms with Gasteiger partial charge in [0.15, 0.2) is 0 Å². The van der Waals surface area contributed by atoms with Gasteiger partial charge in [-0.1, -0.05) is 370 Å². The molecule has 0 N–H and O–H groups in total. The Morgan fingerprint density at radius 3 is 0.776 bits per heavy atom. The first kappa shape index (κ1) is 65.5. The van der Waals surface area contributed by atoms with Crippen LogP contribution in [0.15, 0.2) is 425 Å². The van der Waals surface area contributed by atoms with E-state index in [0.29, 0.717) is 0 Å². The van der Waals surface area contributed by atoms with Gasteiger partial charge in [-0.05, 0) is 228 Å². The number of rotatable bonds is 7. The molecule has 0 aliphatic heterocycles. The summed E-state index contributed by atoms with van der Waals surface area (Å²) in [5.74, 6) is 0. The number of hydrogen-bond acceptors (Lipinski definition) is 0. The van der Waals surface area contributed by atoms with Crippen LogP contribution >= 0.6 is 0 Å². The number of nitrogens with zero attached hydrogens (tertiary/aromatic N) is 2. The van der Waals surface area contributed by atoms with Crippen molar-refractivity contribution >= 4 is 173 Å². The highest BCUT2D eigenvalue weighted by Gasteiger charge is 2.25. The number of aromatic nitrogens is 2. The van der Waals surface area contributed by atoms with Crippen LogP contribution in [0, 0.1) is 0 Å². The first-order chi connectivity index (χ1) is 57.6. The lowest BCUT2D eigenvalue weighted by molar-refractivity contribution is 1.18. The van der Waals surface area contributed by atoms with Crippen molar-refractivity contribution in [2.45, 2.75) is 0 Å². The van der Waals surface area contributed by atoms with Gasteiger partial charge in [-0.2, -0.15) is 0 Å². The molecule has 536 valence electrons. The zero-order valence-corrected chi connectivity index (χ0v) is 63.3. The predicted molar refractivity (Wildman–Crippen MR) is 499 cm³/mol. The Morgan fingerprint density at radius 2 is 0.371 bits per heavy atom. The van der Waals surface area contributed by atoms with Crippen LogP contribution < -0.4 is 0 Å². The largest absolute Gasteiger partial charge is 0.309 e. The molecular weight excluding hydrogens is 1400 g/mol. The van der Waals surface area contributed by atoms with Crippen molar-refractivity contribution in [2.24, 2.45) is 0 Å². The van der Waals surface area contributed by atoms with Crippen LogP contribution in [-0.4, -0.2) is 9.13 Å². The van der Waals surface area contributed by atoms with Crippen molar-refractivity contribution in [1.29, 1.82) is 0 Å². The molecule has 116 heavy (non-hydrogen) atoms. The lowest BCUT2D eigenvalue weighted by atomic mass is 9.85. The molecule has 23 aromatic carbocycles. The lowest BCUT2D eigenvalue weighted by Gasteiger charge is -2.18. The maximum atomic E-state index is 2.45. The van der Waals surface area contributed by atoms with Crippen LogP contribution in [0.25, 0.3) is 240 Å². The summed E-state index contributed by atoms with van der Waals surface area (Å²) in [6, 6.07) is 157. The third-order valence-electron chi connectivity index (χ3n) is 25.1. The van der Waals surface area contributed by atoms with Crippen LogP contribution in [-0.2, 0) is 0 Å². The van der Waals surface area contributed by atoms with Gasteiger partial charge < -0.3 is 9.13 Å². The van der Waals surface area contributed by atoms with Crippen LogP contribution in [0.3, 0.4) is 0 Å². The van der Waals surface area contributed by atoms with Gasteiger partial charge >= 0.3 is 0 Å². The van der Waals surface area contributed by atoms with E-state index in [2.05, 4.69) is 434 Å². The summed E-state index contributed by atoms with van der Waals surface area (Å²) in [6.07, 6.45) is 0. The van der Waals surface area contributed by atoms with Crippen LogP contribution in [0.4, 0.5) is 0 Å². The van der Waals surface area contributed by atoms with E-state index in [1.807, 2.05) is 0 Å². The molecule has 0 saturated carbocycles. The Morgan fingerprint density at radius 1 is 0.121 bits per heavy atom. The number of fused-ring (bicyclic) bond motifs is 30. The summed E-state index contributed by atoms with van der Waals surface area (Å²) in [7, 11) is 0. The minimum atomic E-state index is 1.16. The molecule has 0 atom stereocenters. The summed E-state index contributed by atoms with van der Waals surface area (Å²) in [5.41, 5.74) is 19.5. The summed E-state index contributed by atoms with van der Waals surface area (Å²) in [6.45, 7) is 0. The van der Waals surface area contributed by atoms with Crippen molar-refractivity contribution in [2.75, 3.05) is 0 Å². The van der Waals surface area contributed by atoms with Crippen molar-refractivity contribution in [1.82, 2.24) is 9.13 Å². The molecule has 0 bridgehead atoms. The predicted octanol–water partition coefficient (Wildman–Crippen LogP) is 31.7. The molecule has 25 aromatic rings. The van der Waals surface area contributed by atoms with E-state index < -0.39 is 0 Å². The third-order valence-corrected chi connectivity index (χ3v) is 25.1. The second-order valence-electron chi connectivity index (χ2n) is 31.1. The number of para-hydroxylation sites is 6. The van der Waals surface area contributed by atoms with E-state index in [-0.39, 0.29) is 0 Å². The molecule has 0 aliphatic rings. The molecule has 0 unspecified atom stereocenters. The monoisotopic (exact) mass is 1470 g/mol. The van der Waals surface area contributed by atoms with Crippen LogP contribution in [0.2, 0.25) is 0 Å². The normalized spacial score (nSPS) is 12.0. The zero-order chi connectivity index (χ0) is 76.1. The molecule has 2 aromatic heterocycles. The summed E-state index contributed by atoms with van der Waals surface area (Å²) in [4.78, 5) is 0. The Bertz CT molecular complexity index is 8440. The summed E-state index contributed by atoms with van der Waals surface area (Å²) in [5, 5.41) is 36.0.